The smallest absolute Gasteiger partial charge is 0.423 e. The molecule has 1 amide bonds. The van der Waals surface area contributed by atoms with E-state index in [4.69, 9.17) is 5.11 Å². The van der Waals surface area contributed by atoms with Crippen LogP contribution in [0.3, 0.4) is 0 Å². The maximum Gasteiger partial charge on any atom is 0.423 e. The molecule has 0 spiro atoms. The van der Waals surface area contributed by atoms with Crippen molar-refractivity contribution in [3.63, 3.8) is 0 Å². The maximum atomic E-state index is 9.87. The van der Waals surface area contributed by atoms with Crippen LogP contribution >= 0.6 is 0 Å². The van der Waals surface area contributed by atoms with Gasteiger partial charge in [0.2, 0.25) is 0 Å². The summed E-state index contributed by atoms with van der Waals surface area (Å²) in [5, 5.41) is 11.4. The Morgan fingerprint density at radius 2 is 1.82 bits per heavy atom. The van der Waals surface area contributed by atoms with Crippen molar-refractivity contribution in [3.8, 4) is 0 Å². The van der Waals surface area contributed by atoms with Crippen LogP contribution in [0.4, 0.5) is 4.79 Å². The summed E-state index contributed by atoms with van der Waals surface area (Å²) < 4.78 is 0. The first-order valence-corrected chi connectivity index (χ1v) is 4.03. The molecule has 2 aromatic carbocycles. The molecule has 0 saturated carbocycles. The van der Waals surface area contributed by atoms with Crippen molar-refractivity contribution in [3.05, 3.63) is 60.2 Å². The van der Waals surface area contributed by atoms with E-state index < -0.39 is 6.09 Å². The Morgan fingerprint density at radius 3 is 2.24 bits per heavy atom. The van der Waals surface area contributed by atoms with Gasteiger partial charge in [0.1, 0.15) is 0 Å². The second kappa shape index (κ2) is 9.39. The number of hydrogen-bond donors (Lipinski definition) is 2. The summed E-state index contributed by atoms with van der Waals surface area (Å²) in [5.41, 5.74) is 2.31. The number of carboxylic acid groups (broad SMARTS) is 1. The maximum absolute atomic E-state index is 9.87. The van der Waals surface area contributed by atoms with Gasteiger partial charge in [-0.05, 0) is 0 Å². The SMILES string of the molecule is O=C(O)NN=C[c-]1[c-][c-][c-][c-]1.[Fe].[c-]1[c-][c-][cH-][c-]1. The Bertz CT molecular complexity index is 390. The number of hydrazone groups is 1. The molecule has 0 atom stereocenters. The van der Waals surface area contributed by atoms with E-state index in [2.05, 4.69) is 53.6 Å². The molecule has 2 N–H and O–H groups in total. The van der Waals surface area contributed by atoms with Crippen LogP contribution in [-0.4, -0.2) is 17.4 Å². The molecule has 92 valence electrons. The fourth-order valence-corrected chi connectivity index (χ4v) is 0.625. The van der Waals surface area contributed by atoms with Gasteiger partial charge in [-0.25, -0.2) is 10.2 Å². The van der Waals surface area contributed by atoms with Crippen LogP contribution in [0.25, 0.3) is 0 Å². The van der Waals surface area contributed by atoms with Gasteiger partial charge in [0.25, 0.3) is 0 Å². The van der Waals surface area contributed by atoms with Crippen LogP contribution in [0.1, 0.15) is 5.56 Å². The van der Waals surface area contributed by atoms with Gasteiger partial charge in [0, 0.05) is 17.1 Å². The molecule has 17 heavy (non-hydrogen) atoms. The zero-order chi connectivity index (χ0) is 11.6. The number of amides is 1. The predicted octanol–water partition coefficient (Wildman–Crippen LogP) is 0.812. The van der Waals surface area contributed by atoms with E-state index >= 15 is 0 Å². The number of hydrogen-bond acceptors (Lipinski definition) is 2. The van der Waals surface area contributed by atoms with Gasteiger partial charge < -0.3 is 76.6 Å². The fourth-order valence-electron chi connectivity index (χ4n) is 0.625. The third-order valence-corrected chi connectivity index (χ3v) is 1.16. The van der Waals surface area contributed by atoms with Gasteiger partial charge in [0.15, 0.2) is 0 Å². The van der Waals surface area contributed by atoms with Gasteiger partial charge in [-0.2, -0.15) is 0 Å². The van der Waals surface area contributed by atoms with Gasteiger partial charge in [-0.1, -0.05) is 0 Å². The van der Waals surface area contributed by atoms with E-state index in [1.807, 2.05) is 0 Å². The molecular formula is C12H4FeN2O2-10. The van der Waals surface area contributed by atoms with E-state index in [9.17, 15) is 4.79 Å². The number of rotatable bonds is 2. The first kappa shape index (κ1) is 15.2. The Labute approximate surface area is 110 Å². The van der Waals surface area contributed by atoms with Crippen LogP contribution in [0.2, 0.25) is 0 Å². The Morgan fingerprint density at radius 1 is 1.24 bits per heavy atom. The van der Waals surface area contributed by atoms with Crippen LogP contribution < -0.4 is 5.43 Å². The molecule has 0 aliphatic carbocycles. The van der Waals surface area contributed by atoms with E-state index in [1.54, 1.807) is 11.5 Å². The van der Waals surface area contributed by atoms with Crippen LogP contribution in [0, 0.1) is 48.5 Å². The zero-order valence-corrected chi connectivity index (χ0v) is 9.42. The molecule has 2 rings (SSSR count). The zero-order valence-electron chi connectivity index (χ0n) is 8.31. The summed E-state index contributed by atoms with van der Waals surface area (Å²) in [7, 11) is 0. The van der Waals surface area contributed by atoms with Crippen LogP contribution in [0.5, 0.6) is 0 Å². The first-order chi connectivity index (χ1) is 7.79. The van der Waals surface area contributed by atoms with E-state index in [0.717, 1.165) is 0 Å². The minimum absolute atomic E-state index is 0. The van der Waals surface area contributed by atoms with E-state index in [-0.39, 0.29) is 17.1 Å². The summed E-state index contributed by atoms with van der Waals surface area (Å²) in [4.78, 5) is 9.87. The van der Waals surface area contributed by atoms with Gasteiger partial charge >= 0.3 is 6.09 Å². The van der Waals surface area contributed by atoms with E-state index in [1.165, 1.54) is 6.21 Å². The van der Waals surface area contributed by atoms with Crippen molar-refractivity contribution >= 4 is 12.3 Å². The average Bonchev–Trinajstić information content (AvgIpc) is 2.93. The molecule has 0 bridgehead atoms. The molecule has 5 heteroatoms. The van der Waals surface area contributed by atoms with Crippen molar-refractivity contribution in [1.29, 1.82) is 0 Å². The average molecular weight is 264 g/mol. The molecule has 0 aromatic heterocycles. The molecule has 0 aliphatic heterocycles. The molecule has 4 nitrogen and oxygen atoms in total. The molecular weight excluding hydrogens is 260 g/mol. The minimum atomic E-state index is -1.21. The normalized spacial score (nSPS) is 8.94. The van der Waals surface area contributed by atoms with Crippen molar-refractivity contribution in [2.45, 2.75) is 0 Å². The van der Waals surface area contributed by atoms with Crippen LogP contribution in [0.15, 0.2) is 11.2 Å². The minimum Gasteiger partial charge on any atom is -0.999 e. The number of nitrogens with zero attached hydrogens (tertiary/aromatic N) is 1. The summed E-state index contributed by atoms with van der Waals surface area (Å²) in [5.74, 6) is 0. The largest absolute Gasteiger partial charge is 0.999 e. The van der Waals surface area contributed by atoms with Gasteiger partial charge in [0.05, 0.1) is 0 Å². The third kappa shape index (κ3) is 8.02. The van der Waals surface area contributed by atoms with Gasteiger partial charge in [-0.15, -0.1) is 0 Å². The summed E-state index contributed by atoms with van der Waals surface area (Å²) in [6.45, 7) is 0. The van der Waals surface area contributed by atoms with Gasteiger partial charge in [-0.3, -0.25) is 0 Å². The third-order valence-electron chi connectivity index (χ3n) is 1.16. The Kier molecular flexibility index (Phi) is 8.37. The number of carbonyl (C=O) groups is 1. The van der Waals surface area contributed by atoms with E-state index in [0.29, 0.717) is 5.56 Å². The second-order valence-corrected chi connectivity index (χ2v) is 2.27. The Balaban J connectivity index is 0.000000360. The molecule has 0 aliphatic rings. The molecule has 2 aromatic rings. The van der Waals surface area contributed by atoms with Crippen molar-refractivity contribution in [2.24, 2.45) is 5.10 Å². The monoisotopic (exact) mass is 264 g/mol. The first-order valence-electron chi connectivity index (χ1n) is 4.03. The van der Waals surface area contributed by atoms with Crippen molar-refractivity contribution in [1.82, 2.24) is 5.43 Å². The summed E-state index contributed by atoms with van der Waals surface area (Å²) >= 11 is 0. The standard InChI is InChI=1S/C7H3N2O2.C5H.Fe/c10-7(11)9-8-5-6-3-1-2-4-6;1-2-4-5-3-1;/h5,9H,(H,10,11);1H;/q2*-5;. The predicted molar refractivity (Wildman–Crippen MR) is 53.5 cm³/mol. The number of nitrogens with one attached hydrogen (secondary N) is 1. The topological polar surface area (TPSA) is 61.7 Å². The van der Waals surface area contributed by atoms with Crippen LogP contribution in [-0.2, 0) is 17.1 Å². The molecule has 0 fully saturated rings. The molecule has 0 unspecified atom stereocenters. The Hall–Kier alpha value is -1.84. The second-order valence-electron chi connectivity index (χ2n) is 2.27. The van der Waals surface area contributed by atoms with Crippen molar-refractivity contribution < 1.29 is 27.0 Å². The molecule has 0 heterocycles. The van der Waals surface area contributed by atoms with Crippen molar-refractivity contribution in [2.75, 3.05) is 0 Å². The molecule has 0 radical (unpaired) electrons. The quantitative estimate of drug-likeness (QED) is 0.365. The summed E-state index contributed by atoms with van der Waals surface area (Å²) in [6, 6.07) is 22.2. The molecule has 0 saturated heterocycles. The fraction of sp³-hybridized carbons (Fsp3) is 0. The summed E-state index contributed by atoms with van der Waals surface area (Å²) in [6.07, 6.45) is 0.0574.